The van der Waals surface area contributed by atoms with Crippen molar-refractivity contribution in [1.82, 2.24) is 0 Å². The Bertz CT molecular complexity index is 911. The monoisotopic (exact) mass is 433 g/mol. The molecule has 160 valence electrons. The zero-order valence-corrected chi connectivity index (χ0v) is 18.0. The summed E-state index contributed by atoms with van der Waals surface area (Å²) in [5, 5.41) is 3.02. The van der Waals surface area contributed by atoms with E-state index in [1.807, 2.05) is 6.92 Å². The van der Waals surface area contributed by atoms with Gasteiger partial charge >= 0.3 is 5.97 Å². The van der Waals surface area contributed by atoms with Crippen LogP contribution in [0.4, 0.5) is 5.69 Å². The number of hydrogen-bond donors (Lipinski definition) is 1. The highest BCUT2D eigenvalue weighted by Crippen LogP contribution is 2.36. The second kappa shape index (κ2) is 11.1. The molecule has 0 saturated heterocycles. The van der Waals surface area contributed by atoms with Gasteiger partial charge in [0.05, 0.1) is 25.8 Å². The van der Waals surface area contributed by atoms with Crippen molar-refractivity contribution in [1.29, 1.82) is 0 Å². The summed E-state index contributed by atoms with van der Waals surface area (Å²) in [4.78, 5) is 24.3. The number of nitrogens with one attached hydrogen (secondary N) is 1. The molecule has 2 aromatic rings. The largest absolute Gasteiger partial charge is 0.497 e. The third-order valence-corrected chi connectivity index (χ3v) is 4.25. The van der Waals surface area contributed by atoms with Crippen LogP contribution in [0.2, 0.25) is 5.02 Å². The Morgan fingerprint density at radius 2 is 1.83 bits per heavy atom. The average Bonchev–Trinajstić information content (AvgIpc) is 2.73. The molecule has 0 aliphatic carbocycles. The van der Waals surface area contributed by atoms with Crippen LogP contribution in [-0.4, -0.2) is 38.8 Å². The molecule has 30 heavy (non-hydrogen) atoms. The maximum atomic E-state index is 12.2. The Hall–Kier alpha value is -3.19. The predicted octanol–water partition coefficient (Wildman–Crippen LogP) is 4.34. The Kier molecular flexibility index (Phi) is 8.55. The molecule has 0 aliphatic heterocycles. The van der Waals surface area contributed by atoms with Crippen molar-refractivity contribution in [3.8, 4) is 17.2 Å². The van der Waals surface area contributed by atoms with Gasteiger partial charge in [0.1, 0.15) is 5.75 Å². The Morgan fingerprint density at radius 3 is 2.43 bits per heavy atom. The van der Waals surface area contributed by atoms with Gasteiger partial charge in [-0.15, -0.1) is 0 Å². The Balaban J connectivity index is 1.98. The third kappa shape index (κ3) is 6.42. The minimum atomic E-state index is -0.984. The van der Waals surface area contributed by atoms with Crippen LogP contribution in [0.3, 0.4) is 0 Å². The van der Waals surface area contributed by atoms with Crippen LogP contribution in [0.25, 0.3) is 6.08 Å². The van der Waals surface area contributed by atoms with Crippen molar-refractivity contribution < 1.29 is 28.5 Å². The van der Waals surface area contributed by atoms with Crippen LogP contribution in [0.15, 0.2) is 42.5 Å². The number of methoxy groups -OCH3 is 2. The maximum Gasteiger partial charge on any atom is 0.331 e. The zero-order valence-electron chi connectivity index (χ0n) is 17.2. The standard InChI is InChI=1S/C22H24ClNO6/c1-5-29-19-13-15(12-18(23)21(19)28-4)6-11-20(25)30-14(2)22(26)24-16-7-9-17(27-3)10-8-16/h6-14H,5H2,1-4H3,(H,24,26)/b11-6+. The number of esters is 1. The molecule has 0 aliphatic rings. The molecule has 8 heteroatoms. The summed E-state index contributed by atoms with van der Waals surface area (Å²) in [6, 6.07) is 10.1. The van der Waals surface area contributed by atoms with E-state index < -0.39 is 18.0 Å². The lowest BCUT2D eigenvalue weighted by molar-refractivity contribution is -0.148. The third-order valence-electron chi connectivity index (χ3n) is 3.97. The summed E-state index contributed by atoms with van der Waals surface area (Å²) in [5.41, 5.74) is 1.19. The summed E-state index contributed by atoms with van der Waals surface area (Å²) in [6.07, 6.45) is 1.75. The molecule has 7 nitrogen and oxygen atoms in total. The molecular formula is C22H24ClNO6. The van der Waals surface area contributed by atoms with Gasteiger partial charge in [-0.25, -0.2) is 4.79 Å². The number of anilines is 1. The smallest absolute Gasteiger partial charge is 0.331 e. The molecule has 2 rings (SSSR count). The van der Waals surface area contributed by atoms with Gasteiger partial charge in [-0.2, -0.15) is 0 Å². The van der Waals surface area contributed by atoms with E-state index in [9.17, 15) is 9.59 Å². The summed E-state index contributed by atoms with van der Waals surface area (Å²) in [6.45, 7) is 3.76. The number of carbonyl (C=O) groups is 2. The number of amides is 1. The molecule has 0 saturated carbocycles. The van der Waals surface area contributed by atoms with Gasteiger partial charge in [-0.1, -0.05) is 11.6 Å². The van der Waals surface area contributed by atoms with Crippen molar-refractivity contribution in [2.45, 2.75) is 20.0 Å². The minimum Gasteiger partial charge on any atom is -0.497 e. The van der Waals surface area contributed by atoms with Crippen LogP contribution in [0.5, 0.6) is 17.2 Å². The molecule has 0 aromatic heterocycles. The summed E-state index contributed by atoms with van der Waals surface area (Å²) in [5.74, 6) is 0.434. The normalized spacial score (nSPS) is 11.6. The number of rotatable bonds is 9. The quantitative estimate of drug-likeness (QED) is 0.468. The minimum absolute atomic E-state index is 0.351. The number of benzene rings is 2. The van der Waals surface area contributed by atoms with Gasteiger partial charge in [-0.3, -0.25) is 4.79 Å². The molecule has 1 N–H and O–H groups in total. The fourth-order valence-electron chi connectivity index (χ4n) is 2.49. The van der Waals surface area contributed by atoms with Crippen molar-refractivity contribution in [2.24, 2.45) is 0 Å². The van der Waals surface area contributed by atoms with Crippen molar-refractivity contribution in [3.63, 3.8) is 0 Å². The molecule has 0 heterocycles. The molecule has 0 bridgehead atoms. The lowest BCUT2D eigenvalue weighted by atomic mass is 10.2. The molecule has 1 atom stereocenters. The van der Waals surface area contributed by atoms with Gasteiger partial charge < -0.3 is 24.3 Å². The first-order valence-corrected chi connectivity index (χ1v) is 9.59. The van der Waals surface area contributed by atoms with Gasteiger partial charge in [0.25, 0.3) is 5.91 Å². The van der Waals surface area contributed by atoms with Gasteiger partial charge in [0.2, 0.25) is 0 Å². The van der Waals surface area contributed by atoms with E-state index in [1.165, 1.54) is 26.2 Å². The summed E-state index contributed by atoms with van der Waals surface area (Å²) >= 11 is 6.19. The lowest BCUT2D eigenvalue weighted by Crippen LogP contribution is -2.29. The van der Waals surface area contributed by atoms with Crippen LogP contribution < -0.4 is 19.5 Å². The van der Waals surface area contributed by atoms with Crippen molar-refractivity contribution in [3.05, 3.63) is 53.1 Å². The van der Waals surface area contributed by atoms with Crippen molar-refractivity contribution >= 4 is 35.2 Å². The second-order valence-corrected chi connectivity index (χ2v) is 6.50. The summed E-state index contributed by atoms with van der Waals surface area (Å²) < 4.78 is 20.9. The first-order valence-electron chi connectivity index (χ1n) is 9.21. The second-order valence-electron chi connectivity index (χ2n) is 6.10. The molecule has 0 fully saturated rings. The van der Waals surface area contributed by atoms with E-state index in [2.05, 4.69) is 5.32 Å². The first kappa shape index (κ1) is 23.1. The van der Waals surface area contributed by atoms with Gasteiger partial charge in [0.15, 0.2) is 17.6 Å². The number of hydrogen-bond acceptors (Lipinski definition) is 6. The van der Waals surface area contributed by atoms with Crippen LogP contribution >= 0.6 is 11.6 Å². The highest BCUT2D eigenvalue weighted by atomic mass is 35.5. The van der Waals surface area contributed by atoms with E-state index >= 15 is 0 Å². The zero-order chi connectivity index (χ0) is 22.1. The van der Waals surface area contributed by atoms with E-state index in [0.717, 1.165) is 0 Å². The number of ether oxygens (including phenoxy) is 4. The Labute approximate surface area is 180 Å². The van der Waals surface area contributed by atoms with E-state index in [0.29, 0.717) is 40.1 Å². The van der Waals surface area contributed by atoms with Gasteiger partial charge in [-0.05, 0) is 61.9 Å². The van der Waals surface area contributed by atoms with Crippen LogP contribution in [-0.2, 0) is 14.3 Å². The average molecular weight is 434 g/mol. The number of carbonyl (C=O) groups excluding carboxylic acids is 2. The van der Waals surface area contributed by atoms with Crippen LogP contribution in [0, 0.1) is 0 Å². The summed E-state index contributed by atoms with van der Waals surface area (Å²) in [7, 11) is 3.05. The molecule has 2 aromatic carbocycles. The first-order chi connectivity index (χ1) is 14.4. The topological polar surface area (TPSA) is 83.1 Å². The highest BCUT2D eigenvalue weighted by Gasteiger charge is 2.17. The predicted molar refractivity (Wildman–Crippen MR) is 115 cm³/mol. The highest BCUT2D eigenvalue weighted by molar-refractivity contribution is 6.32. The van der Waals surface area contributed by atoms with Crippen molar-refractivity contribution in [2.75, 3.05) is 26.1 Å². The van der Waals surface area contributed by atoms with E-state index in [4.69, 9.17) is 30.5 Å². The Morgan fingerprint density at radius 1 is 1.13 bits per heavy atom. The fraction of sp³-hybridized carbons (Fsp3) is 0.273. The number of halogens is 1. The molecular weight excluding hydrogens is 410 g/mol. The van der Waals surface area contributed by atoms with E-state index in [1.54, 1.807) is 43.5 Å². The molecule has 0 spiro atoms. The lowest BCUT2D eigenvalue weighted by Gasteiger charge is -2.13. The van der Waals surface area contributed by atoms with Gasteiger partial charge in [0, 0.05) is 11.8 Å². The fourth-order valence-corrected chi connectivity index (χ4v) is 2.79. The molecule has 0 radical (unpaired) electrons. The van der Waals surface area contributed by atoms with Crippen LogP contribution in [0.1, 0.15) is 19.4 Å². The molecule has 1 amide bonds. The maximum absolute atomic E-state index is 12.2. The van der Waals surface area contributed by atoms with E-state index in [-0.39, 0.29) is 0 Å². The molecule has 1 unspecified atom stereocenters. The SMILES string of the molecule is CCOc1cc(/C=C/C(=O)OC(C)C(=O)Nc2ccc(OC)cc2)cc(Cl)c1OC.